The molecule has 1 N–H and O–H groups in total. The van der Waals surface area contributed by atoms with Gasteiger partial charge in [-0.25, -0.2) is 0 Å². The van der Waals surface area contributed by atoms with Crippen LogP contribution in [0.25, 0.3) is 22.9 Å². The molecule has 0 radical (unpaired) electrons. The van der Waals surface area contributed by atoms with Gasteiger partial charge < -0.3 is 0 Å². The van der Waals surface area contributed by atoms with E-state index in [1.807, 2.05) is 42.5 Å². The van der Waals surface area contributed by atoms with Crippen LogP contribution in [0.2, 0.25) is 0 Å². The van der Waals surface area contributed by atoms with Gasteiger partial charge in [-0.3, -0.25) is 4.72 Å². The Hall–Kier alpha value is -2.80. The molecule has 0 aromatic heterocycles. The van der Waals surface area contributed by atoms with E-state index in [2.05, 4.69) is 0 Å². The first-order valence-electron chi connectivity index (χ1n) is 7.61. The van der Waals surface area contributed by atoms with E-state index in [1.165, 1.54) is 18.2 Å². The summed E-state index contributed by atoms with van der Waals surface area (Å²) in [5.74, 6) is 0. The van der Waals surface area contributed by atoms with Crippen molar-refractivity contribution in [2.24, 2.45) is 0 Å². The van der Waals surface area contributed by atoms with Crippen LogP contribution in [0, 0.1) is 0 Å². The first kappa shape index (κ1) is 18.0. The molecular weight excluding hydrogens is 363 g/mol. The fourth-order valence-electron chi connectivity index (χ4n) is 2.44. The van der Waals surface area contributed by atoms with Crippen molar-refractivity contribution in [3.05, 3.63) is 77.9 Å². The standard InChI is InChI=1S/C19H14F3NO2S/c20-19(21,22)26(24,25)23-18-8-4-3-6-16(18)12-10-14-9-11-15-5-1-2-7-17(15)13-14/h1-13,23H/b12-10+. The van der Waals surface area contributed by atoms with Gasteiger partial charge in [0.2, 0.25) is 0 Å². The molecule has 7 heteroatoms. The molecule has 0 bridgehead atoms. The summed E-state index contributed by atoms with van der Waals surface area (Å²) in [5.41, 5.74) is -4.34. The van der Waals surface area contributed by atoms with Crippen LogP contribution in [0.4, 0.5) is 18.9 Å². The maximum atomic E-state index is 12.6. The molecule has 0 saturated carbocycles. The van der Waals surface area contributed by atoms with Crippen molar-refractivity contribution < 1.29 is 21.6 Å². The second-order valence-corrected chi connectivity index (χ2v) is 7.25. The van der Waals surface area contributed by atoms with Crippen molar-refractivity contribution in [2.45, 2.75) is 5.51 Å². The van der Waals surface area contributed by atoms with Crippen LogP contribution in [-0.2, 0) is 10.0 Å². The number of hydrogen-bond donors (Lipinski definition) is 1. The maximum Gasteiger partial charge on any atom is 0.516 e. The molecule has 0 saturated heterocycles. The minimum Gasteiger partial charge on any atom is -0.275 e. The molecule has 0 unspecified atom stereocenters. The first-order valence-corrected chi connectivity index (χ1v) is 9.10. The van der Waals surface area contributed by atoms with Gasteiger partial charge in [0.15, 0.2) is 0 Å². The van der Waals surface area contributed by atoms with Gasteiger partial charge in [-0.05, 0) is 34.0 Å². The summed E-state index contributed by atoms with van der Waals surface area (Å²) in [6.45, 7) is 0. The van der Waals surface area contributed by atoms with E-state index < -0.39 is 15.5 Å². The summed E-state index contributed by atoms with van der Waals surface area (Å²) in [5, 5.41) is 2.10. The predicted octanol–water partition coefficient (Wildman–Crippen LogP) is 5.27. The van der Waals surface area contributed by atoms with E-state index in [0.29, 0.717) is 5.56 Å². The third-order valence-corrected chi connectivity index (χ3v) is 4.84. The van der Waals surface area contributed by atoms with Gasteiger partial charge in [-0.15, -0.1) is 0 Å². The van der Waals surface area contributed by atoms with Crippen molar-refractivity contribution in [2.75, 3.05) is 4.72 Å². The van der Waals surface area contributed by atoms with Crippen LogP contribution in [0.1, 0.15) is 11.1 Å². The van der Waals surface area contributed by atoms with Crippen molar-refractivity contribution in [3.63, 3.8) is 0 Å². The van der Waals surface area contributed by atoms with Crippen LogP contribution in [-0.4, -0.2) is 13.9 Å². The zero-order valence-corrected chi connectivity index (χ0v) is 14.2. The highest BCUT2D eigenvalue weighted by molar-refractivity contribution is 7.93. The Labute approximate surface area is 148 Å². The molecule has 26 heavy (non-hydrogen) atoms. The quantitative estimate of drug-likeness (QED) is 0.630. The molecule has 0 fully saturated rings. The zero-order chi connectivity index (χ0) is 18.8. The molecule has 3 aromatic carbocycles. The second-order valence-electron chi connectivity index (χ2n) is 5.58. The molecule has 0 heterocycles. The zero-order valence-electron chi connectivity index (χ0n) is 13.4. The lowest BCUT2D eigenvalue weighted by molar-refractivity contribution is -0.0429. The number of sulfonamides is 1. The van der Waals surface area contributed by atoms with Gasteiger partial charge in [0, 0.05) is 0 Å². The summed E-state index contributed by atoms with van der Waals surface area (Å²) in [4.78, 5) is 0. The molecule has 0 aliphatic rings. The van der Waals surface area contributed by atoms with E-state index in [0.717, 1.165) is 16.3 Å². The lowest BCUT2D eigenvalue weighted by atomic mass is 10.1. The van der Waals surface area contributed by atoms with Gasteiger partial charge in [0.25, 0.3) is 0 Å². The Morgan fingerprint density at radius 3 is 2.19 bits per heavy atom. The topological polar surface area (TPSA) is 46.2 Å². The van der Waals surface area contributed by atoms with Crippen LogP contribution in [0.3, 0.4) is 0 Å². The number of nitrogens with one attached hydrogen (secondary N) is 1. The molecule has 3 rings (SSSR count). The highest BCUT2D eigenvalue weighted by Crippen LogP contribution is 2.28. The molecule has 0 aliphatic carbocycles. The smallest absolute Gasteiger partial charge is 0.275 e. The fraction of sp³-hybridized carbons (Fsp3) is 0.0526. The summed E-state index contributed by atoms with van der Waals surface area (Å²) in [7, 11) is -5.47. The average molecular weight is 377 g/mol. The largest absolute Gasteiger partial charge is 0.516 e. The normalized spacial score (nSPS) is 12.6. The van der Waals surface area contributed by atoms with Gasteiger partial charge in [0.05, 0.1) is 5.69 Å². The lowest BCUT2D eigenvalue weighted by Gasteiger charge is -2.12. The molecule has 3 nitrogen and oxygen atoms in total. The van der Waals surface area contributed by atoms with Crippen molar-refractivity contribution in [1.82, 2.24) is 0 Å². The molecular formula is C19H14F3NO2S. The molecule has 3 aromatic rings. The van der Waals surface area contributed by atoms with Gasteiger partial charge in [0.1, 0.15) is 0 Å². The third kappa shape index (κ3) is 3.88. The van der Waals surface area contributed by atoms with Crippen molar-refractivity contribution in [3.8, 4) is 0 Å². The Morgan fingerprint density at radius 2 is 1.46 bits per heavy atom. The summed E-state index contributed by atoms with van der Waals surface area (Å²) in [6.07, 6.45) is 3.28. The molecule has 0 aliphatic heterocycles. The molecule has 0 atom stereocenters. The van der Waals surface area contributed by atoms with E-state index in [1.54, 1.807) is 22.9 Å². The second kappa shape index (κ2) is 6.84. The average Bonchev–Trinajstić information content (AvgIpc) is 2.59. The van der Waals surface area contributed by atoms with Crippen LogP contribution >= 0.6 is 0 Å². The number of alkyl halides is 3. The fourth-order valence-corrected chi connectivity index (χ4v) is 3.03. The van der Waals surface area contributed by atoms with Gasteiger partial charge in [-0.1, -0.05) is 66.7 Å². The Balaban J connectivity index is 1.91. The molecule has 0 spiro atoms. The number of rotatable bonds is 4. The number of para-hydroxylation sites is 1. The Kier molecular flexibility index (Phi) is 4.73. The highest BCUT2D eigenvalue weighted by Gasteiger charge is 2.46. The maximum absolute atomic E-state index is 12.6. The number of benzene rings is 3. The number of hydrogen-bond acceptors (Lipinski definition) is 2. The van der Waals surface area contributed by atoms with Gasteiger partial charge in [-0.2, -0.15) is 21.6 Å². The molecule has 134 valence electrons. The van der Waals surface area contributed by atoms with Crippen molar-refractivity contribution >= 4 is 38.6 Å². The number of anilines is 1. The number of fused-ring (bicyclic) bond motifs is 1. The van der Waals surface area contributed by atoms with Crippen LogP contribution in [0.15, 0.2) is 66.7 Å². The van der Waals surface area contributed by atoms with Crippen LogP contribution < -0.4 is 4.72 Å². The Bertz CT molecular complexity index is 1070. The third-order valence-electron chi connectivity index (χ3n) is 3.74. The predicted molar refractivity (Wildman–Crippen MR) is 97.9 cm³/mol. The summed E-state index contributed by atoms with van der Waals surface area (Å²) >= 11 is 0. The van der Waals surface area contributed by atoms with Crippen molar-refractivity contribution in [1.29, 1.82) is 0 Å². The SMILES string of the molecule is O=S(=O)(Nc1ccccc1/C=C/c1ccc2ccccc2c1)C(F)(F)F. The minimum atomic E-state index is -5.47. The van der Waals surface area contributed by atoms with E-state index in [-0.39, 0.29) is 5.69 Å². The number of halogens is 3. The Morgan fingerprint density at radius 1 is 0.808 bits per heavy atom. The first-order chi connectivity index (χ1) is 12.3. The summed E-state index contributed by atoms with van der Waals surface area (Å²) < 4.78 is 62.0. The van der Waals surface area contributed by atoms with E-state index in [9.17, 15) is 21.6 Å². The molecule has 0 amide bonds. The highest BCUT2D eigenvalue weighted by atomic mass is 32.2. The van der Waals surface area contributed by atoms with E-state index >= 15 is 0 Å². The lowest BCUT2D eigenvalue weighted by Crippen LogP contribution is -2.30. The minimum absolute atomic E-state index is 0.137. The monoisotopic (exact) mass is 377 g/mol. The van der Waals surface area contributed by atoms with Crippen LogP contribution in [0.5, 0.6) is 0 Å². The van der Waals surface area contributed by atoms with Gasteiger partial charge >= 0.3 is 15.5 Å². The summed E-state index contributed by atoms with van der Waals surface area (Å²) in [6, 6.07) is 19.4. The van der Waals surface area contributed by atoms with E-state index in [4.69, 9.17) is 0 Å².